The van der Waals surface area contributed by atoms with Gasteiger partial charge >= 0.3 is 0 Å². The molecule has 0 amide bonds. The molecule has 0 fully saturated rings. The first-order valence-corrected chi connectivity index (χ1v) is 15.2. The Kier molecular flexibility index (Phi) is 17.3. The van der Waals surface area contributed by atoms with Crippen LogP contribution in [0.1, 0.15) is 128 Å². The van der Waals surface area contributed by atoms with Crippen LogP contribution in [0, 0.1) is 0 Å². The predicted octanol–water partition coefficient (Wildman–Crippen LogP) is 9.70. The fourth-order valence-electron chi connectivity index (χ4n) is 5.19. The smallest absolute Gasteiger partial charge is 0.0693 e. The van der Waals surface area contributed by atoms with Gasteiger partial charge in [-0.15, -0.1) is 0 Å². The molecule has 0 heterocycles. The van der Waals surface area contributed by atoms with Crippen LogP contribution in [0.3, 0.4) is 0 Å². The molecule has 202 valence electrons. The second-order valence-electron chi connectivity index (χ2n) is 10.9. The molecule has 2 aromatic carbocycles. The number of rotatable bonds is 22. The fourth-order valence-corrected chi connectivity index (χ4v) is 5.19. The number of unbranched alkanes of at least 4 members (excludes halogenated alkanes) is 14. The van der Waals surface area contributed by atoms with Gasteiger partial charge in [0.1, 0.15) is 0 Å². The maximum Gasteiger partial charge on any atom is 0.0693 e. The van der Waals surface area contributed by atoms with Gasteiger partial charge in [-0.3, -0.25) is 4.90 Å². The molecule has 0 spiro atoms. The van der Waals surface area contributed by atoms with E-state index in [2.05, 4.69) is 79.4 Å². The molecule has 2 aromatic rings. The Morgan fingerprint density at radius 2 is 0.917 bits per heavy atom. The highest BCUT2D eigenvalue weighted by Gasteiger charge is 2.22. The van der Waals surface area contributed by atoms with Crippen molar-refractivity contribution < 1.29 is 5.11 Å². The van der Waals surface area contributed by atoms with Crippen molar-refractivity contribution in [2.75, 3.05) is 0 Å². The van der Waals surface area contributed by atoms with Crippen molar-refractivity contribution >= 4 is 0 Å². The van der Waals surface area contributed by atoms with Crippen LogP contribution in [0.5, 0.6) is 0 Å². The summed E-state index contributed by atoms with van der Waals surface area (Å²) >= 11 is 0. The van der Waals surface area contributed by atoms with Crippen LogP contribution in [0.4, 0.5) is 0 Å². The van der Waals surface area contributed by atoms with Crippen molar-refractivity contribution in [1.82, 2.24) is 4.90 Å². The summed E-state index contributed by atoms with van der Waals surface area (Å²) in [7, 11) is 0. The molecule has 0 unspecified atom stereocenters. The van der Waals surface area contributed by atoms with Crippen molar-refractivity contribution in [2.24, 2.45) is 0 Å². The first-order chi connectivity index (χ1) is 17.7. The van der Waals surface area contributed by atoms with Gasteiger partial charge in [0.2, 0.25) is 0 Å². The van der Waals surface area contributed by atoms with E-state index in [1.54, 1.807) is 0 Å². The summed E-state index contributed by atoms with van der Waals surface area (Å²) in [4.78, 5) is 2.43. The molecule has 2 atom stereocenters. The van der Waals surface area contributed by atoms with Crippen molar-refractivity contribution in [3.8, 4) is 0 Å². The van der Waals surface area contributed by atoms with E-state index in [1.165, 1.54) is 101 Å². The Labute approximate surface area is 223 Å². The molecule has 1 N–H and O–H groups in total. The van der Waals surface area contributed by atoms with Crippen LogP contribution in [0.15, 0.2) is 60.7 Å². The molecule has 0 aliphatic rings. The molecule has 0 bridgehead atoms. The molecule has 36 heavy (non-hydrogen) atoms. The van der Waals surface area contributed by atoms with Crippen LogP contribution in [-0.4, -0.2) is 22.2 Å². The molecule has 0 saturated carbocycles. The molecule has 0 aromatic heterocycles. The Morgan fingerprint density at radius 3 is 1.31 bits per heavy atom. The molecule has 0 aliphatic carbocycles. The molecule has 2 rings (SSSR count). The summed E-state index contributed by atoms with van der Waals surface area (Å²) in [6.45, 7) is 6.22. The molecular formula is C34H55NO. The summed E-state index contributed by atoms with van der Waals surface area (Å²) < 4.78 is 0. The Balaban J connectivity index is 1.57. The number of hydrogen-bond acceptors (Lipinski definition) is 2. The first-order valence-electron chi connectivity index (χ1n) is 15.2. The second kappa shape index (κ2) is 20.4. The van der Waals surface area contributed by atoms with E-state index < -0.39 is 0 Å². The van der Waals surface area contributed by atoms with E-state index >= 15 is 0 Å². The number of aliphatic hydroxyl groups excluding tert-OH is 1. The predicted molar refractivity (Wildman–Crippen MR) is 157 cm³/mol. The lowest BCUT2D eigenvalue weighted by Crippen LogP contribution is -2.40. The Hall–Kier alpha value is -1.64. The van der Waals surface area contributed by atoms with Gasteiger partial charge in [0.05, 0.1) is 6.10 Å². The second-order valence-corrected chi connectivity index (χ2v) is 10.9. The maximum absolute atomic E-state index is 11.0. The van der Waals surface area contributed by atoms with Gasteiger partial charge in [-0.1, -0.05) is 164 Å². The van der Waals surface area contributed by atoms with Gasteiger partial charge in [0.15, 0.2) is 0 Å². The zero-order chi connectivity index (χ0) is 25.7. The number of aliphatic hydroxyl groups is 1. The molecule has 0 radical (unpaired) electrons. The number of hydrogen-bond donors (Lipinski definition) is 1. The molecule has 0 aliphatic heterocycles. The van der Waals surface area contributed by atoms with Gasteiger partial charge < -0.3 is 5.11 Å². The first kappa shape index (κ1) is 30.6. The summed E-state index contributed by atoms with van der Waals surface area (Å²) in [6.07, 6.45) is 21.3. The monoisotopic (exact) mass is 493 g/mol. The topological polar surface area (TPSA) is 23.5 Å². The lowest BCUT2D eigenvalue weighted by Gasteiger charge is -2.32. The van der Waals surface area contributed by atoms with E-state index in [9.17, 15) is 5.11 Å². The highest BCUT2D eigenvalue weighted by molar-refractivity contribution is 5.17. The third kappa shape index (κ3) is 14.2. The highest BCUT2D eigenvalue weighted by atomic mass is 16.3. The highest BCUT2D eigenvalue weighted by Crippen LogP contribution is 2.19. The minimum atomic E-state index is -0.278. The van der Waals surface area contributed by atoms with E-state index in [0.29, 0.717) is 0 Å². The van der Waals surface area contributed by atoms with Crippen molar-refractivity contribution in [3.05, 3.63) is 71.8 Å². The van der Waals surface area contributed by atoms with Crippen molar-refractivity contribution in [1.29, 1.82) is 0 Å². The Bertz CT molecular complexity index is 690. The standard InChI is InChI=1S/C34H55NO/c1-3-4-5-6-7-8-9-10-11-12-13-14-15-16-23-28-34(36)31(2)35(29-32-24-19-17-20-25-32)30-33-26-21-18-22-27-33/h17-22,24-27,31,34,36H,3-16,23,28-30H2,1-2H3/t31-,34+/m0/s1. The van der Waals surface area contributed by atoms with E-state index in [0.717, 1.165) is 25.9 Å². The summed E-state index contributed by atoms with van der Waals surface area (Å²) in [5, 5.41) is 11.0. The third-order valence-electron chi connectivity index (χ3n) is 7.69. The molecular weight excluding hydrogens is 438 g/mol. The molecule has 2 nitrogen and oxygen atoms in total. The van der Waals surface area contributed by atoms with Crippen molar-refractivity contribution in [2.45, 2.75) is 142 Å². The quantitative estimate of drug-likeness (QED) is 0.165. The zero-order valence-corrected chi connectivity index (χ0v) is 23.6. The number of benzene rings is 2. The summed E-state index contributed by atoms with van der Waals surface area (Å²) in [6, 6.07) is 21.4. The normalized spacial score (nSPS) is 13.2. The average Bonchev–Trinajstić information content (AvgIpc) is 2.91. The SMILES string of the molecule is CCCCCCCCCCCCCCCCC[C@@H](O)[C@H](C)N(Cc1ccccc1)Cc1ccccc1. The maximum atomic E-state index is 11.0. The minimum absolute atomic E-state index is 0.136. The van der Waals surface area contributed by atoms with Gasteiger partial charge in [-0.05, 0) is 24.5 Å². The van der Waals surface area contributed by atoms with Crippen LogP contribution in [0.25, 0.3) is 0 Å². The van der Waals surface area contributed by atoms with E-state index in [-0.39, 0.29) is 12.1 Å². The van der Waals surface area contributed by atoms with Crippen LogP contribution in [0.2, 0.25) is 0 Å². The molecule has 2 heteroatoms. The van der Waals surface area contributed by atoms with Gasteiger partial charge in [0.25, 0.3) is 0 Å². The van der Waals surface area contributed by atoms with E-state index in [1.807, 2.05) is 0 Å². The van der Waals surface area contributed by atoms with Crippen molar-refractivity contribution in [3.63, 3.8) is 0 Å². The van der Waals surface area contributed by atoms with E-state index in [4.69, 9.17) is 0 Å². The summed E-state index contributed by atoms with van der Waals surface area (Å²) in [5.74, 6) is 0. The lowest BCUT2D eigenvalue weighted by atomic mass is 10.0. The lowest BCUT2D eigenvalue weighted by molar-refractivity contribution is 0.0421. The number of nitrogens with zero attached hydrogens (tertiary/aromatic N) is 1. The fraction of sp³-hybridized carbons (Fsp3) is 0.647. The van der Waals surface area contributed by atoms with Gasteiger partial charge in [0, 0.05) is 19.1 Å². The van der Waals surface area contributed by atoms with Crippen LogP contribution >= 0.6 is 0 Å². The minimum Gasteiger partial charge on any atom is -0.392 e. The average molecular weight is 494 g/mol. The van der Waals surface area contributed by atoms with Crippen LogP contribution in [-0.2, 0) is 13.1 Å². The summed E-state index contributed by atoms with van der Waals surface area (Å²) in [5.41, 5.74) is 2.61. The van der Waals surface area contributed by atoms with Crippen LogP contribution < -0.4 is 0 Å². The Morgan fingerprint density at radius 1 is 0.556 bits per heavy atom. The largest absolute Gasteiger partial charge is 0.392 e. The van der Waals surface area contributed by atoms with Gasteiger partial charge in [-0.25, -0.2) is 0 Å². The zero-order valence-electron chi connectivity index (χ0n) is 23.6. The molecule has 0 saturated heterocycles. The van der Waals surface area contributed by atoms with Gasteiger partial charge in [-0.2, -0.15) is 0 Å². The third-order valence-corrected chi connectivity index (χ3v) is 7.69.